The molecule has 0 aromatic carbocycles. The quantitative estimate of drug-likeness (QED) is 0.757. The third-order valence-electron chi connectivity index (χ3n) is 5.39. The largest absolute Gasteiger partial charge is 0.353 e. The number of hydrogen-bond donors (Lipinski definition) is 1. The summed E-state index contributed by atoms with van der Waals surface area (Å²) in [7, 11) is 0. The molecule has 0 aliphatic carbocycles. The van der Waals surface area contributed by atoms with Crippen molar-refractivity contribution < 1.29 is 4.79 Å². The van der Waals surface area contributed by atoms with Crippen molar-refractivity contribution in [3.05, 3.63) is 46.3 Å². The molecule has 8 heteroatoms. The van der Waals surface area contributed by atoms with Gasteiger partial charge in [-0.25, -0.2) is 9.78 Å². The van der Waals surface area contributed by atoms with E-state index in [-0.39, 0.29) is 12.1 Å². The van der Waals surface area contributed by atoms with E-state index in [2.05, 4.69) is 56.8 Å². The third-order valence-corrected chi connectivity index (χ3v) is 6.09. The Kier molecular flexibility index (Phi) is 7.44. The number of anilines is 1. The molecule has 0 spiro atoms. The lowest BCUT2D eigenvalue weighted by atomic mass is 10.1. The Bertz CT molecular complexity index is 822. The summed E-state index contributed by atoms with van der Waals surface area (Å²) in [5, 5.41) is 16.4. The van der Waals surface area contributed by atoms with E-state index >= 15 is 0 Å². The zero-order chi connectivity index (χ0) is 20.6. The van der Waals surface area contributed by atoms with Crippen molar-refractivity contribution in [1.29, 1.82) is 5.26 Å². The maximum absolute atomic E-state index is 12.7. The Balaban J connectivity index is 1.54. The summed E-state index contributed by atoms with van der Waals surface area (Å²) < 4.78 is 0. The number of amides is 2. The van der Waals surface area contributed by atoms with E-state index in [9.17, 15) is 4.79 Å². The van der Waals surface area contributed by atoms with Gasteiger partial charge in [-0.2, -0.15) is 16.6 Å². The van der Waals surface area contributed by atoms with Crippen LogP contribution >= 0.6 is 11.3 Å². The molecule has 3 rings (SSSR count). The summed E-state index contributed by atoms with van der Waals surface area (Å²) in [6, 6.07) is 7.96. The number of thiophene rings is 1. The number of piperazine rings is 1. The highest BCUT2D eigenvalue weighted by Gasteiger charge is 2.24. The molecule has 7 nitrogen and oxygen atoms in total. The minimum atomic E-state index is -0.0178. The van der Waals surface area contributed by atoms with E-state index < -0.39 is 0 Å². The van der Waals surface area contributed by atoms with Crippen LogP contribution in [0.1, 0.15) is 31.0 Å². The molecule has 0 saturated carbocycles. The van der Waals surface area contributed by atoms with E-state index in [1.165, 1.54) is 5.56 Å². The van der Waals surface area contributed by atoms with Crippen LogP contribution in [0.4, 0.5) is 10.6 Å². The lowest BCUT2D eigenvalue weighted by Crippen LogP contribution is -2.53. The topological polar surface area (TPSA) is 75.5 Å². The number of rotatable bonds is 7. The number of aromatic nitrogens is 1. The minimum absolute atomic E-state index is 0.0178. The first-order valence-corrected chi connectivity index (χ1v) is 11.0. The van der Waals surface area contributed by atoms with Crippen molar-refractivity contribution >= 4 is 23.2 Å². The van der Waals surface area contributed by atoms with Gasteiger partial charge in [0, 0.05) is 38.9 Å². The number of carbonyl (C=O) groups excluding carboxylic acids is 1. The van der Waals surface area contributed by atoms with Crippen LogP contribution in [-0.2, 0) is 0 Å². The first-order valence-electron chi connectivity index (χ1n) is 10.1. The predicted molar refractivity (Wildman–Crippen MR) is 116 cm³/mol. The predicted octanol–water partition coefficient (Wildman–Crippen LogP) is 2.93. The van der Waals surface area contributed by atoms with Crippen molar-refractivity contribution in [2.24, 2.45) is 0 Å². The van der Waals surface area contributed by atoms with Gasteiger partial charge < -0.3 is 15.1 Å². The molecule has 1 aliphatic heterocycles. The Labute approximate surface area is 176 Å². The fourth-order valence-corrected chi connectivity index (χ4v) is 4.39. The molecule has 1 saturated heterocycles. The lowest BCUT2D eigenvalue weighted by molar-refractivity contribution is 0.180. The normalized spacial score (nSPS) is 15.2. The summed E-state index contributed by atoms with van der Waals surface area (Å²) >= 11 is 1.69. The Hall–Kier alpha value is -2.63. The van der Waals surface area contributed by atoms with Gasteiger partial charge in [-0.1, -0.05) is 13.8 Å². The Morgan fingerprint density at radius 2 is 2.07 bits per heavy atom. The van der Waals surface area contributed by atoms with Crippen molar-refractivity contribution in [2.45, 2.75) is 19.9 Å². The molecule has 1 fully saturated rings. The fourth-order valence-electron chi connectivity index (χ4n) is 3.68. The lowest BCUT2D eigenvalue weighted by Gasteiger charge is -2.36. The maximum Gasteiger partial charge on any atom is 0.317 e. The standard InChI is InChI=1S/C21H28N6OS/c1-3-25(4-2)19(18-6-12-29-16-18)15-24-21(28)27-10-8-26(9-11-27)20-13-17(14-22)5-7-23-20/h5-7,12-13,16,19H,3-4,8-11,15H2,1-2H3,(H,24,28). The molecular weight excluding hydrogens is 384 g/mol. The van der Waals surface area contributed by atoms with Crippen LogP contribution in [0.2, 0.25) is 0 Å². The van der Waals surface area contributed by atoms with Gasteiger partial charge in [-0.05, 0) is 47.6 Å². The minimum Gasteiger partial charge on any atom is -0.353 e. The maximum atomic E-state index is 12.7. The molecule has 1 N–H and O–H groups in total. The monoisotopic (exact) mass is 412 g/mol. The zero-order valence-electron chi connectivity index (χ0n) is 17.0. The second-order valence-corrected chi connectivity index (χ2v) is 7.75. The van der Waals surface area contributed by atoms with Crippen LogP contribution in [0.3, 0.4) is 0 Å². The van der Waals surface area contributed by atoms with Crippen LogP contribution in [-0.4, -0.2) is 66.6 Å². The Morgan fingerprint density at radius 1 is 1.31 bits per heavy atom. The van der Waals surface area contributed by atoms with E-state index in [1.807, 2.05) is 4.90 Å². The molecule has 2 amide bonds. The van der Waals surface area contributed by atoms with Gasteiger partial charge in [-0.15, -0.1) is 0 Å². The summed E-state index contributed by atoms with van der Waals surface area (Å²) in [6.45, 7) is 9.48. The fraction of sp³-hybridized carbons (Fsp3) is 0.476. The zero-order valence-corrected chi connectivity index (χ0v) is 17.9. The smallest absolute Gasteiger partial charge is 0.317 e. The Morgan fingerprint density at radius 3 is 2.69 bits per heavy atom. The number of carbonyl (C=O) groups is 1. The van der Waals surface area contributed by atoms with Gasteiger partial charge in [0.25, 0.3) is 0 Å². The van der Waals surface area contributed by atoms with Crippen molar-refractivity contribution in [2.75, 3.05) is 50.7 Å². The molecule has 1 unspecified atom stereocenters. The van der Waals surface area contributed by atoms with Crippen LogP contribution < -0.4 is 10.2 Å². The van der Waals surface area contributed by atoms with Gasteiger partial charge >= 0.3 is 6.03 Å². The highest BCUT2D eigenvalue weighted by atomic mass is 32.1. The van der Waals surface area contributed by atoms with Crippen molar-refractivity contribution in [3.8, 4) is 6.07 Å². The van der Waals surface area contributed by atoms with Crippen LogP contribution in [0.15, 0.2) is 35.2 Å². The first kappa shape index (κ1) is 21.1. The molecule has 1 aliphatic rings. The average molecular weight is 413 g/mol. The summed E-state index contributed by atoms with van der Waals surface area (Å²) in [5.41, 5.74) is 1.86. The number of pyridine rings is 1. The molecule has 2 aromatic rings. The first-order chi connectivity index (χ1) is 14.2. The molecule has 0 bridgehead atoms. The molecule has 0 radical (unpaired) electrons. The van der Waals surface area contributed by atoms with E-state index in [0.717, 1.165) is 18.9 Å². The average Bonchev–Trinajstić information content (AvgIpc) is 3.31. The molecule has 3 heterocycles. The second-order valence-electron chi connectivity index (χ2n) is 6.97. The second kappa shape index (κ2) is 10.2. The van der Waals surface area contributed by atoms with E-state index in [0.29, 0.717) is 38.3 Å². The summed E-state index contributed by atoms with van der Waals surface area (Å²) in [4.78, 5) is 23.4. The number of hydrogen-bond acceptors (Lipinski definition) is 6. The van der Waals surface area contributed by atoms with E-state index in [1.54, 1.807) is 29.7 Å². The molecule has 29 heavy (non-hydrogen) atoms. The van der Waals surface area contributed by atoms with E-state index in [4.69, 9.17) is 5.26 Å². The summed E-state index contributed by atoms with van der Waals surface area (Å²) in [6.07, 6.45) is 1.66. The van der Waals surface area contributed by atoms with Gasteiger partial charge in [0.2, 0.25) is 0 Å². The van der Waals surface area contributed by atoms with Gasteiger partial charge in [0.1, 0.15) is 5.82 Å². The van der Waals surface area contributed by atoms with Crippen molar-refractivity contribution in [3.63, 3.8) is 0 Å². The highest BCUT2D eigenvalue weighted by molar-refractivity contribution is 7.07. The van der Waals surface area contributed by atoms with Crippen LogP contribution in [0.25, 0.3) is 0 Å². The van der Waals surface area contributed by atoms with Crippen molar-refractivity contribution in [1.82, 2.24) is 20.1 Å². The molecule has 154 valence electrons. The number of likely N-dealkylation sites (N-methyl/N-ethyl adjacent to an activating group) is 1. The molecule has 1 atom stereocenters. The van der Waals surface area contributed by atoms with Gasteiger partial charge in [0.05, 0.1) is 17.7 Å². The van der Waals surface area contributed by atoms with Gasteiger partial charge in [0.15, 0.2) is 0 Å². The molecule has 2 aromatic heterocycles. The number of nitriles is 1. The molecular formula is C21H28N6OS. The number of nitrogens with one attached hydrogen (secondary N) is 1. The van der Waals surface area contributed by atoms with Gasteiger partial charge in [-0.3, -0.25) is 4.90 Å². The summed E-state index contributed by atoms with van der Waals surface area (Å²) in [5.74, 6) is 0.795. The van der Waals surface area contributed by atoms with Crippen LogP contribution in [0, 0.1) is 11.3 Å². The number of urea groups is 1. The van der Waals surface area contributed by atoms with Crippen LogP contribution in [0.5, 0.6) is 0 Å². The highest BCUT2D eigenvalue weighted by Crippen LogP contribution is 2.22. The third kappa shape index (κ3) is 5.25. The SMILES string of the molecule is CCN(CC)C(CNC(=O)N1CCN(c2cc(C#N)ccn2)CC1)c1ccsc1. The number of nitrogens with zero attached hydrogens (tertiary/aromatic N) is 5.